The van der Waals surface area contributed by atoms with Crippen LogP contribution in [0.2, 0.25) is 0 Å². The summed E-state index contributed by atoms with van der Waals surface area (Å²) in [7, 11) is 0. The second-order valence-electron chi connectivity index (χ2n) is 8.19. The predicted molar refractivity (Wildman–Crippen MR) is 120 cm³/mol. The molecule has 1 fully saturated rings. The van der Waals surface area contributed by atoms with Gasteiger partial charge in [0.1, 0.15) is 22.8 Å². The summed E-state index contributed by atoms with van der Waals surface area (Å²) >= 11 is 1.19. The van der Waals surface area contributed by atoms with E-state index in [1.54, 1.807) is 15.8 Å². The first-order valence-corrected chi connectivity index (χ1v) is 11.7. The third kappa shape index (κ3) is 3.58. The molecule has 0 spiro atoms. The van der Waals surface area contributed by atoms with E-state index < -0.39 is 22.8 Å². The van der Waals surface area contributed by atoms with Crippen LogP contribution in [0.1, 0.15) is 47.1 Å². The zero-order valence-corrected chi connectivity index (χ0v) is 18.7. The Bertz CT molecular complexity index is 1310. The minimum absolute atomic E-state index is 0.0334. The standard InChI is InChI=1S/C23H22F2N4O3S/c1-2-27-18-5-3-4-8-28(18)29-12-16(20(30)21(31)19(29)23(27)32)22-26-11-15(33-22)9-13-6-7-14(24)10-17(13)25/h6-7,10-12,18,31H,2-5,8-9H2,1H3/t18-/m0/s1. The van der Waals surface area contributed by atoms with E-state index in [2.05, 4.69) is 4.98 Å². The molecule has 0 radical (unpaired) electrons. The van der Waals surface area contributed by atoms with Crippen molar-refractivity contribution in [1.82, 2.24) is 14.6 Å². The molecular weight excluding hydrogens is 450 g/mol. The van der Waals surface area contributed by atoms with Crippen LogP contribution < -0.4 is 10.4 Å². The number of aromatic nitrogens is 2. The highest BCUT2D eigenvalue weighted by atomic mass is 32.1. The van der Waals surface area contributed by atoms with Crippen LogP contribution in [0.5, 0.6) is 5.75 Å². The van der Waals surface area contributed by atoms with E-state index in [9.17, 15) is 23.5 Å². The van der Waals surface area contributed by atoms with Gasteiger partial charge in [-0.05, 0) is 37.8 Å². The summed E-state index contributed by atoms with van der Waals surface area (Å²) in [5.41, 5.74) is -0.212. The van der Waals surface area contributed by atoms with Gasteiger partial charge < -0.3 is 10.0 Å². The fourth-order valence-electron chi connectivity index (χ4n) is 4.60. The van der Waals surface area contributed by atoms with Crippen molar-refractivity contribution in [3.05, 3.63) is 68.6 Å². The zero-order chi connectivity index (χ0) is 23.3. The number of carbonyl (C=O) groups is 1. The molecule has 2 aromatic heterocycles. The van der Waals surface area contributed by atoms with Crippen LogP contribution in [0.3, 0.4) is 0 Å². The van der Waals surface area contributed by atoms with Crippen molar-refractivity contribution in [1.29, 1.82) is 0 Å². The Morgan fingerprint density at radius 2 is 2.06 bits per heavy atom. The van der Waals surface area contributed by atoms with Crippen LogP contribution in [-0.2, 0) is 6.42 Å². The highest BCUT2D eigenvalue weighted by Crippen LogP contribution is 2.32. The number of fused-ring (bicyclic) bond motifs is 3. The van der Waals surface area contributed by atoms with Crippen LogP contribution in [0.25, 0.3) is 10.6 Å². The molecule has 10 heteroatoms. The molecule has 1 aromatic carbocycles. The van der Waals surface area contributed by atoms with Gasteiger partial charge in [0.2, 0.25) is 5.43 Å². The maximum absolute atomic E-state index is 14.0. The third-order valence-electron chi connectivity index (χ3n) is 6.21. The molecule has 2 aliphatic heterocycles. The molecule has 3 aromatic rings. The summed E-state index contributed by atoms with van der Waals surface area (Å²) in [5.74, 6) is -2.26. The van der Waals surface area contributed by atoms with Crippen molar-refractivity contribution in [3.63, 3.8) is 0 Å². The van der Waals surface area contributed by atoms with Crippen molar-refractivity contribution in [2.24, 2.45) is 0 Å². The fourth-order valence-corrected chi connectivity index (χ4v) is 5.54. The molecule has 5 rings (SSSR count). The lowest BCUT2D eigenvalue weighted by atomic mass is 10.1. The average Bonchev–Trinajstić information content (AvgIpc) is 3.26. The number of piperidine rings is 1. The summed E-state index contributed by atoms with van der Waals surface area (Å²) < 4.78 is 28.8. The molecule has 172 valence electrons. The molecule has 0 aliphatic carbocycles. The molecular formula is C23H22F2N4O3S. The molecule has 1 atom stereocenters. The average molecular weight is 473 g/mol. The number of nitrogens with zero attached hydrogens (tertiary/aromatic N) is 4. The molecule has 2 aliphatic rings. The van der Waals surface area contributed by atoms with Gasteiger partial charge in [-0.1, -0.05) is 6.07 Å². The molecule has 33 heavy (non-hydrogen) atoms. The van der Waals surface area contributed by atoms with Crippen LogP contribution in [0.4, 0.5) is 8.78 Å². The van der Waals surface area contributed by atoms with Crippen molar-refractivity contribution in [2.45, 2.75) is 38.8 Å². The number of aromatic hydroxyl groups is 1. The number of benzene rings is 1. The number of amides is 1. The Balaban J connectivity index is 1.55. The Hall–Kier alpha value is -3.27. The minimum Gasteiger partial charge on any atom is -0.502 e. The maximum Gasteiger partial charge on any atom is 0.278 e. The maximum atomic E-state index is 14.0. The van der Waals surface area contributed by atoms with Gasteiger partial charge in [-0.3, -0.25) is 19.3 Å². The van der Waals surface area contributed by atoms with Crippen LogP contribution >= 0.6 is 11.3 Å². The number of halogens is 2. The number of thiazole rings is 1. The minimum atomic E-state index is -0.671. The summed E-state index contributed by atoms with van der Waals surface area (Å²) in [6.07, 6.45) is 5.92. The Kier molecular flexibility index (Phi) is 5.40. The van der Waals surface area contributed by atoms with E-state index >= 15 is 0 Å². The highest BCUT2D eigenvalue weighted by Gasteiger charge is 2.40. The lowest BCUT2D eigenvalue weighted by Gasteiger charge is -2.48. The first-order chi connectivity index (χ1) is 15.9. The number of hydrogen-bond donors (Lipinski definition) is 1. The van der Waals surface area contributed by atoms with Gasteiger partial charge in [0.25, 0.3) is 5.91 Å². The van der Waals surface area contributed by atoms with Gasteiger partial charge in [-0.15, -0.1) is 11.3 Å². The first kappa shape index (κ1) is 21.6. The van der Waals surface area contributed by atoms with Gasteiger partial charge in [-0.2, -0.15) is 0 Å². The Labute approximate surface area is 192 Å². The van der Waals surface area contributed by atoms with Gasteiger partial charge in [0.15, 0.2) is 11.4 Å². The number of hydrogen-bond acceptors (Lipinski definition) is 6. The van der Waals surface area contributed by atoms with E-state index in [0.717, 1.165) is 25.3 Å². The molecule has 0 bridgehead atoms. The molecule has 7 nitrogen and oxygen atoms in total. The van der Waals surface area contributed by atoms with E-state index in [1.807, 2.05) is 11.9 Å². The molecule has 1 N–H and O–H groups in total. The molecule has 4 heterocycles. The number of rotatable bonds is 4. The summed E-state index contributed by atoms with van der Waals surface area (Å²) in [6, 6.07) is 3.40. The van der Waals surface area contributed by atoms with Gasteiger partial charge in [-0.25, -0.2) is 13.8 Å². The predicted octanol–water partition coefficient (Wildman–Crippen LogP) is 3.47. The first-order valence-electron chi connectivity index (χ1n) is 10.8. The lowest BCUT2D eigenvalue weighted by molar-refractivity contribution is 0.0536. The Morgan fingerprint density at radius 1 is 1.24 bits per heavy atom. The summed E-state index contributed by atoms with van der Waals surface area (Å²) in [6.45, 7) is 3.05. The molecule has 1 amide bonds. The van der Waals surface area contributed by atoms with Crippen molar-refractivity contribution in [3.8, 4) is 16.3 Å². The summed E-state index contributed by atoms with van der Waals surface area (Å²) in [5, 5.41) is 13.1. The van der Waals surface area contributed by atoms with Crippen molar-refractivity contribution in [2.75, 3.05) is 18.1 Å². The van der Waals surface area contributed by atoms with E-state index in [-0.39, 0.29) is 29.8 Å². The highest BCUT2D eigenvalue weighted by molar-refractivity contribution is 7.15. The van der Waals surface area contributed by atoms with E-state index in [4.69, 9.17) is 0 Å². The lowest BCUT2D eigenvalue weighted by Crippen LogP contribution is -2.62. The number of pyridine rings is 1. The normalized spacial score (nSPS) is 17.8. The second kappa shape index (κ2) is 8.26. The zero-order valence-electron chi connectivity index (χ0n) is 17.9. The van der Waals surface area contributed by atoms with Crippen molar-refractivity contribution >= 4 is 17.2 Å². The fraction of sp³-hybridized carbons (Fsp3) is 0.348. The number of carbonyl (C=O) groups excluding carboxylic acids is 1. The van der Waals surface area contributed by atoms with Crippen LogP contribution in [0.15, 0.2) is 35.4 Å². The molecule has 0 unspecified atom stereocenters. The third-order valence-corrected chi connectivity index (χ3v) is 7.24. The van der Waals surface area contributed by atoms with Crippen LogP contribution in [-0.4, -0.2) is 44.8 Å². The topological polar surface area (TPSA) is 78.7 Å². The van der Waals surface area contributed by atoms with Crippen molar-refractivity contribution < 1.29 is 18.7 Å². The molecule has 1 saturated heterocycles. The smallest absolute Gasteiger partial charge is 0.278 e. The van der Waals surface area contributed by atoms with E-state index in [0.29, 0.717) is 28.5 Å². The quantitative estimate of drug-likeness (QED) is 0.629. The largest absolute Gasteiger partial charge is 0.502 e. The van der Waals surface area contributed by atoms with Crippen LogP contribution in [0, 0.1) is 11.6 Å². The molecule has 0 saturated carbocycles. The SMILES string of the molecule is CCN1C(=O)c2c(O)c(=O)c(-c3ncc(Cc4ccc(F)cc4F)s3)cn2N2CCCC[C@@H]12. The van der Waals surface area contributed by atoms with Gasteiger partial charge in [0, 0.05) is 42.8 Å². The Morgan fingerprint density at radius 3 is 2.82 bits per heavy atom. The second-order valence-corrected chi connectivity index (χ2v) is 9.30. The van der Waals surface area contributed by atoms with Gasteiger partial charge in [0.05, 0.1) is 5.56 Å². The monoisotopic (exact) mass is 472 g/mol. The van der Waals surface area contributed by atoms with Gasteiger partial charge >= 0.3 is 0 Å². The summed E-state index contributed by atoms with van der Waals surface area (Å²) in [4.78, 5) is 32.8. The van der Waals surface area contributed by atoms with E-state index in [1.165, 1.54) is 29.7 Å².